The summed E-state index contributed by atoms with van der Waals surface area (Å²) < 4.78 is 12.5. The Morgan fingerprint density at radius 1 is 0.926 bits per heavy atom. The zero-order valence-corrected chi connectivity index (χ0v) is 35.2. The number of esters is 1. The smallest absolute Gasteiger partial charge is 0.309 e. The number of benzene rings is 1. The van der Waals surface area contributed by atoms with Crippen molar-refractivity contribution in [2.24, 2.45) is 56.2 Å². The average molecular weight is 743 g/mol. The number of allylic oxidation sites excluding steroid dienone is 2. The molecule has 1 N–H and O–H groups in total. The molecule has 7 rings (SSSR count). The van der Waals surface area contributed by atoms with Crippen LogP contribution in [0.3, 0.4) is 0 Å². The monoisotopic (exact) mass is 743 g/mol. The fourth-order valence-electron chi connectivity index (χ4n) is 14.0. The number of carboxylic acids is 1. The quantitative estimate of drug-likeness (QED) is 0.210. The van der Waals surface area contributed by atoms with Gasteiger partial charge in [0, 0.05) is 30.1 Å². The van der Waals surface area contributed by atoms with Gasteiger partial charge in [0.25, 0.3) is 0 Å². The van der Waals surface area contributed by atoms with Gasteiger partial charge in [-0.2, -0.15) is 5.01 Å². The SMILES string of the molecule is CC(C)C1=C2[C@H]3CC[C@@H]4[C@@]5(C)CC[C@H](OC(=O)CC(C)(C)C(=O)O)C(C)(C)[C@@H]5CC[C@@]4(C)[C@]3(C)CC[C@@]2(C2=CCOCN(Cc3ccccc3)N2C)CC1. The minimum atomic E-state index is -1.13. The van der Waals surface area contributed by atoms with Crippen LogP contribution < -0.4 is 0 Å². The van der Waals surface area contributed by atoms with E-state index in [1.165, 1.54) is 56.2 Å². The maximum absolute atomic E-state index is 13.2. The number of hydrogen-bond acceptors (Lipinski definition) is 6. The van der Waals surface area contributed by atoms with Crippen LogP contribution in [0.2, 0.25) is 0 Å². The zero-order chi connectivity index (χ0) is 39.1. The Labute approximate surface area is 326 Å². The van der Waals surface area contributed by atoms with E-state index in [9.17, 15) is 14.7 Å². The third kappa shape index (κ3) is 6.03. The van der Waals surface area contributed by atoms with E-state index in [0.29, 0.717) is 37.0 Å². The Hall–Kier alpha value is -2.64. The molecule has 0 aromatic heterocycles. The van der Waals surface area contributed by atoms with Gasteiger partial charge >= 0.3 is 11.9 Å². The molecule has 0 saturated heterocycles. The van der Waals surface area contributed by atoms with Gasteiger partial charge < -0.3 is 19.6 Å². The zero-order valence-electron chi connectivity index (χ0n) is 35.2. The number of nitrogens with zero attached hydrogens (tertiary/aromatic N) is 2. The molecule has 8 atom stereocenters. The first-order valence-corrected chi connectivity index (χ1v) is 21.3. The molecule has 7 nitrogen and oxygen atoms in total. The van der Waals surface area contributed by atoms with E-state index in [-0.39, 0.29) is 45.6 Å². The van der Waals surface area contributed by atoms with Gasteiger partial charge in [0.15, 0.2) is 0 Å². The topological polar surface area (TPSA) is 79.3 Å². The summed E-state index contributed by atoms with van der Waals surface area (Å²) in [5, 5.41) is 14.6. The van der Waals surface area contributed by atoms with Gasteiger partial charge in [0.2, 0.25) is 0 Å². The molecule has 54 heavy (non-hydrogen) atoms. The summed E-state index contributed by atoms with van der Waals surface area (Å²) in [4.78, 5) is 25.0. The van der Waals surface area contributed by atoms with Gasteiger partial charge in [-0.3, -0.25) is 9.59 Å². The van der Waals surface area contributed by atoms with E-state index in [0.717, 1.165) is 25.8 Å². The number of fused-ring (bicyclic) bond motifs is 7. The van der Waals surface area contributed by atoms with Gasteiger partial charge in [0.05, 0.1) is 18.4 Å². The Bertz CT molecular complexity index is 1680. The predicted octanol–water partition coefficient (Wildman–Crippen LogP) is 10.4. The number of aliphatic carboxylic acids is 1. The predicted molar refractivity (Wildman–Crippen MR) is 214 cm³/mol. The molecule has 4 fully saturated rings. The maximum atomic E-state index is 13.2. The first-order chi connectivity index (χ1) is 25.3. The van der Waals surface area contributed by atoms with Crippen LogP contribution in [0.5, 0.6) is 0 Å². The van der Waals surface area contributed by atoms with E-state index < -0.39 is 11.4 Å². The van der Waals surface area contributed by atoms with Crippen molar-refractivity contribution in [3.8, 4) is 0 Å². The maximum Gasteiger partial charge on any atom is 0.309 e. The molecule has 1 aromatic rings. The highest BCUT2D eigenvalue weighted by Gasteiger charge is 2.70. The van der Waals surface area contributed by atoms with Crippen LogP contribution in [-0.2, 0) is 25.6 Å². The van der Waals surface area contributed by atoms with Crippen LogP contribution in [0, 0.1) is 56.2 Å². The first kappa shape index (κ1) is 39.6. The number of ether oxygens (including phenoxy) is 2. The van der Waals surface area contributed by atoms with Gasteiger partial charge in [-0.25, -0.2) is 0 Å². The number of carbonyl (C=O) groups excluding carboxylic acids is 1. The Balaban J connectivity index is 1.18. The van der Waals surface area contributed by atoms with Crippen molar-refractivity contribution in [2.45, 2.75) is 146 Å². The van der Waals surface area contributed by atoms with Crippen LogP contribution in [-0.4, -0.2) is 53.6 Å². The summed E-state index contributed by atoms with van der Waals surface area (Å²) in [5.74, 6) is 0.822. The van der Waals surface area contributed by atoms with E-state index in [1.807, 2.05) is 0 Å². The third-order valence-electron chi connectivity index (χ3n) is 17.1. The Morgan fingerprint density at radius 3 is 2.33 bits per heavy atom. The summed E-state index contributed by atoms with van der Waals surface area (Å²) in [6, 6.07) is 10.8. The second kappa shape index (κ2) is 13.8. The second-order valence-corrected chi connectivity index (χ2v) is 20.8. The standard InChI is InChI=1S/C47H70N2O5/c1-31(2)33-18-24-47(37-21-27-53-30-49(48(37)10)29-32-14-12-11-13-15-32)26-25-45(8)34(40(33)47)16-17-36-44(7)22-20-38(54-39(50)28-42(3,4)41(51)52)43(5,6)35(44)19-23-46(36,45)9/h11-15,21,31,34-36,38H,16-20,22-30H2,1-10H3,(H,51,52)/t34-,35+,36-,38+,44+,45-,46-,47-/m1/s1. The number of hydrogen-bond donors (Lipinski definition) is 1. The van der Waals surface area contributed by atoms with Crippen LogP contribution in [0.4, 0.5) is 0 Å². The summed E-state index contributed by atoms with van der Waals surface area (Å²) in [5.41, 5.74) is 5.61. The largest absolute Gasteiger partial charge is 0.481 e. The van der Waals surface area contributed by atoms with Crippen LogP contribution in [0.25, 0.3) is 0 Å². The lowest BCUT2D eigenvalue weighted by Gasteiger charge is -2.72. The molecule has 298 valence electrons. The summed E-state index contributed by atoms with van der Waals surface area (Å²) >= 11 is 0. The minimum absolute atomic E-state index is 0.0462. The highest BCUT2D eigenvalue weighted by molar-refractivity contribution is 5.81. The van der Waals surface area contributed by atoms with Crippen LogP contribution in [0.1, 0.15) is 139 Å². The third-order valence-corrected chi connectivity index (χ3v) is 17.1. The molecule has 1 heterocycles. The molecule has 0 radical (unpaired) electrons. The molecule has 0 spiro atoms. The Morgan fingerprint density at radius 2 is 1.65 bits per heavy atom. The average Bonchev–Trinajstić information content (AvgIpc) is 3.40. The van der Waals surface area contributed by atoms with E-state index in [4.69, 9.17) is 9.47 Å². The van der Waals surface area contributed by atoms with Crippen molar-refractivity contribution in [1.29, 1.82) is 0 Å². The van der Waals surface area contributed by atoms with Gasteiger partial charge in [-0.15, -0.1) is 0 Å². The molecular weight excluding hydrogens is 673 g/mol. The Kier molecular flexibility index (Phi) is 10.1. The molecule has 7 heteroatoms. The molecule has 0 amide bonds. The summed E-state index contributed by atoms with van der Waals surface area (Å²) in [7, 11) is 2.29. The summed E-state index contributed by atoms with van der Waals surface area (Å²) in [6.07, 6.45) is 13.7. The van der Waals surface area contributed by atoms with Gasteiger partial charge in [-0.05, 0) is 130 Å². The number of carboxylic acid groups (broad SMARTS) is 1. The van der Waals surface area contributed by atoms with E-state index >= 15 is 0 Å². The lowest BCUT2D eigenvalue weighted by atomic mass is 9.33. The van der Waals surface area contributed by atoms with Crippen LogP contribution in [0.15, 0.2) is 53.3 Å². The van der Waals surface area contributed by atoms with E-state index in [2.05, 4.69) is 102 Å². The molecular formula is C47H70N2O5. The van der Waals surface area contributed by atoms with Crippen molar-refractivity contribution < 1.29 is 24.2 Å². The molecule has 0 unspecified atom stereocenters. The lowest BCUT2D eigenvalue weighted by Crippen LogP contribution is -2.66. The molecule has 6 aliphatic rings. The minimum Gasteiger partial charge on any atom is -0.481 e. The van der Waals surface area contributed by atoms with Crippen molar-refractivity contribution >= 4 is 11.9 Å². The highest BCUT2D eigenvalue weighted by Crippen LogP contribution is 2.77. The summed E-state index contributed by atoms with van der Waals surface area (Å²) in [6.45, 7) is 22.9. The van der Waals surface area contributed by atoms with Crippen molar-refractivity contribution in [1.82, 2.24) is 10.0 Å². The van der Waals surface area contributed by atoms with Crippen molar-refractivity contribution in [3.05, 3.63) is 58.8 Å². The normalized spacial score (nSPS) is 38.1. The number of hydrazine groups is 1. The molecule has 1 aliphatic heterocycles. The van der Waals surface area contributed by atoms with Gasteiger partial charge in [0.1, 0.15) is 12.8 Å². The fourth-order valence-corrected chi connectivity index (χ4v) is 14.0. The number of carbonyl (C=O) groups is 2. The van der Waals surface area contributed by atoms with Crippen LogP contribution >= 0.6 is 0 Å². The first-order valence-electron chi connectivity index (χ1n) is 21.3. The van der Waals surface area contributed by atoms with Gasteiger partial charge in [-0.1, -0.05) is 89.9 Å². The van der Waals surface area contributed by atoms with E-state index in [1.54, 1.807) is 25.0 Å². The second-order valence-electron chi connectivity index (χ2n) is 20.8. The van der Waals surface area contributed by atoms with Crippen molar-refractivity contribution in [2.75, 3.05) is 20.4 Å². The number of rotatable bonds is 8. The van der Waals surface area contributed by atoms with Crippen molar-refractivity contribution in [3.63, 3.8) is 0 Å². The molecule has 0 bridgehead atoms. The fraction of sp³-hybridized carbons (Fsp3) is 0.745. The molecule has 5 aliphatic carbocycles. The molecule has 4 saturated carbocycles. The molecule has 1 aromatic carbocycles. The lowest BCUT2D eigenvalue weighted by molar-refractivity contribution is -0.233. The highest BCUT2D eigenvalue weighted by atomic mass is 16.5.